The van der Waals surface area contributed by atoms with Gasteiger partial charge >= 0.3 is 0 Å². The van der Waals surface area contributed by atoms with Crippen molar-refractivity contribution in [2.45, 2.75) is 46.2 Å². The van der Waals surface area contributed by atoms with E-state index in [0.29, 0.717) is 23.8 Å². The Morgan fingerprint density at radius 3 is 2.56 bits per heavy atom. The molecule has 1 N–H and O–H groups in total. The zero-order valence-electron chi connectivity index (χ0n) is 12.1. The minimum atomic E-state index is 0.0348. The molecule has 2 rings (SSSR count). The number of carbonyl (C=O) groups is 1. The van der Waals surface area contributed by atoms with E-state index < -0.39 is 0 Å². The minimum absolute atomic E-state index is 0.0348. The lowest BCUT2D eigenvalue weighted by Crippen LogP contribution is -2.37. The van der Waals surface area contributed by atoms with Crippen molar-refractivity contribution in [2.75, 3.05) is 26.3 Å². The number of likely N-dealkylation sites (tertiary alicyclic amines) is 1. The number of carbonyl (C=O) groups excluding carboxylic acids is 1. The van der Waals surface area contributed by atoms with Crippen LogP contribution in [0.3, 0.4) is 0 Å². The van der Waals surface area contributed by atoms with Crippen LogP contribution in [0.25, 0.3) is 0 Å². The third kappa shape index (κ3) is 2.86. The number of hydrogen-bond acceptors (Lipinski definition) is 3. The Kier molecular flexibility index (Phi) is 4.28. The average molecular weight is 253 g/mol. The summed E-state index contributed by atoms with van der Waals surface area (Å²) in [6.07, 6.45) is 1.23. The van der Waals surface area contributed by atoms with Crippen LogP contribution in [-0.4, -0.2) is 54.1 Å². The summed E-state index contributed by atoms with van der Waals surface area (Å²) in [5.74, 6) is 1.34. The molecular weight excluding hydrogens is 226 g/mol. The van der Waals surface area contributed by atoms with E-state index in [1.165, 1.54) is 13.0 Å². The molecule has 18 heavy (non-hydrogen) atoms. The van der Waals surface area contributed by atoms with Gasteiger partial charge in [0.15, 0.2) is 0 Å². The van der Waals surface area contributed by atoms with E-state index in [1.54, 1.807) is 0 Å². The molecule has 0 radical (unpaired) electrons. The number of amides is 1. The highest BCUT2D eigenvalue weighted by Crippen LogP contribution is 2.21. The summed E-state index contributed by atoms with van der Waals surface area (Å²) in [4.78, 5) is 16.7. The molecule has 2 aliphatic rings. The summed E-state index contributed by atoms with van der Waals surface area (Å²) in [5.41, 5.74) is 0. The second-order valence-corrected chi connectivity index (χ2v) is 6.39. The van der Waals surface area contributed by atoms with Crippen molar-refractivity contribution in [1.29, 1.82) is 0 Å². The molecule has 4 heteroatoms. The van der Waals surface area contributed by atoms with Crippen LogP contribution in [0.1, 0.15) is 34.1 Å². The summed E-state index contributed by atoms with van der Waals surface area (Å²) in [7, 11) is 0. The van der Waals surface area contributed by atoms with Crippen LogP contribution in [0.2, 0.25) is 0 Å². The number of nitrogens with zero attached hydrogens (tertiary/aromatic N) is 2. The zero-order valence-corrected chi connectivity index (χ0v) is 12.1. The van der Waals surface area contributed by atoms with Crippen molar-refractivity contribution < 1.29 is 4.79 Å². The molecule has 0 saturated carbocycles. The molecule has 0 bridgehead atoms. The van der Waals surface area contributed by atoms with E-state index in [0.717, 1.165) is 19.8 Å². The minimum Gasteiger partial charge on any atom is -0.328 e. The van der Waals surface area contributed by atoms with Gasteiger partial charge < -0.3 is 9.80 Å². The van der Waals surface area contributed by atoms with Crippen molar-refractivity contribution in [3.05, 3.63) is 0 Å². The van der Waals surface area contributed by atoms with Gasteiger partial charge in [-0.1, -0.05) is 13.8 Å². The van der Waals surface area contributed by atoms with Gasteiger partial charge in [-0.25, -0.2) is 0 Å². The first-order chi connectivity index (χ1) is 8.49. The van der Waals surface area contributed by atoms with Crippen LogP contribution < -0.4 is 5.32 Å². The first kappa shape index (κ1) is 13.8. The standard InChI is InChI=1S/C14H27N3O/c1-10(2)13-14(18)17(9-15-13)8-12-5-6-16(7-12)11(3)4/h10-13,15H,5-9H2,1-4H3. The van der Waals surface area contributed by atoms with Crippen LogP contribution in [0, 0.1) is 11.8 Å². The van der Waals surface area contributed by atoms with Crippen LogP contribution in [0.5, 0.6) is 0 Å². The van der Waals surface area contributed by atoms with Gasteiger partial charge in [-0.2, -0.15) is 0 Å². The highest BCUT2D eigenvalue weighted by molar-refractivity contribution is 5.84. The molecule has 4 nitrogen and oxygen atoms in total. The lowest BCUT2D eigenvalue weighted by atomic mass is 10.0. The summed E-state index contributed by atoms with van der Waals surface area (Å²) in [6, 6.07) is 0.665. The first-order valence-corrected chi connectivity index (χ1v) is 7.25. The second kappa shape index (κ2) is 5.57. The van der Waals surface area contributed by atoms with E-state index in [2.05, 4.69) is 37.9 Å². The van der Waals surface area contributed by atoms with Crippen LogP contribution >= 0.6 is 0 Å². The average Bonchev–Trinajstić information content (AvgIpc) is 2.87. The van der Waals surface area contributed by atoms with Gasteiger partial charge in [-0.05, 0) is 38.6 Å². The molecule has 2 fully saturated rings. The monoisotopic (exact) mass is 253 g/mol. The second-order valence-electron chi connectivity index (χ2n) is 6.39. The SMILES string of the molecule is CC(C)C1NCN(CC2CCN(C(C)C)C2)C1=O. The highest BCUT2D eigenvalue weighted by Gasteiger charge is 2.35. The maximum atomic E-state index is 12.2. The topological polar surface area (TPSA) is 35.6 Å². The third-order valence-corrected chi connectivity index (χ3v) is 4.27. The van der Waals surface area contributed by atoms with Crippen molar-refractivity contribution in [3.63, 3.8) is 0 Å². The molecule has 2 atom stereocenters. The summed E-state index contributed by atoms with van der Waals surface area (Å²) >= 11 is 0. The number of rotatable bonds is 4. The van der Waals surface area contributed by atoms with Gasteiger partial charge in [-0.3, -0.25) is 10.1 Å². The van der Waals surface area contributed by atoms with Gasteiger partial charge in [0.05, 0.1) is 12.7 Å². The van der Waals surface area contributed by atoms with Gasteiger partial charge in [0.25, 0.3) is 0 Å². The Labute approximate surface area is 111 Å². The molecule has 0 aromatic carbocycles. The van der Waals surface area contributed by atoms with E-state index in [9.17, 15) is 4.79 Å². The van der Waals surface area contributed by atoms with Crippen LogP contribution in [0.4, 0.5) is 0 Å². The highest BCUT2D eigenvalue weighted by atomic mass is 16.2. The lowest BCUT2D eigenvalue weighted by molar-refractivity contribution is -0.130. The molecule has 0 aromatic heterocycles. The van der Waals surface area contributed by atoms with Gasteiger partial charge in [0, 0.05) is 19.1 Å². The molecule has 0 aliphatic carbocycles. The van der Waals surface area contributed by atoms with Crippen molar-refractivity contribution >= 4 is 5.91 Å². The van der Waals surface area contributed by atoms with E-state index >= 15 is 0 Å². The van der Waals surface area contributed by atoms with E-state index in [1.807, 2.05) is 4.90 Å². The molecule has 1 amide bonds. The van der Waals surface area contributed by atoms with Crippen molar-refractivity contribution in [2.24, 2.45) is 11.8 Å². The Hall–Kier alpha value is -0.610. The molecule has 104 valence electrons. The summed E-state index contributed by atoms with van der Waals surface area (Å²) < 4.78 is 0. The Morgan fingerprint density at radius 2 is 2.06 bits per heavy atom. The van der Waals surface area contributed by atoms with Gasteiger partial charge in [0.1, 0.15) is 0 Å². The fourth-order valence-corrected chi connectivity index (χ4v) is 3.04. The molecular formula is C14H27N3O. The Bertz CT molecular complexity index is 303. The fraction of sp³-hybridized carbons (Fsp3) is 0.929. The quantitative estimate of drug-likeness (QED) is 0.816. The zero-order chi connectivity index (χ0) is 13.3. The predicted octanol–water partition coefficient (Wildman–Crippen LogP) is 1.13. The van der Waals surface area contributed by atoms with Gasteiger partial charge in [-0.15, -0.1) is 0 Å². The molecule has 0 spiro atoms. The first-order valence-electron chi connectivity index (χ1n) is 7.25. The largest absolute Gasteiger partial charge is 0.328 e. The molecule has 2 saturated heterocycles. The Balaban J connectivity index is 1.83. The summed E-state index contributed by atoms with van der Waals surface area (Å²) in [6.45, 7) is 12.7. The van der Waals surface area contributed by atoms with Crippen molar-refractivity contribution in [1.82, 2.24) is 15.1 Å². The molecule has 2 unspecified atom stereocenters. The maximum absolute atomic E-state index is 12.2. The van der Waals surface area contributed by atoms with Crippen LogP contribution in [0.15, 0.2) is 0 Å². The smallest absolute Gasteiger partial charge is 0.241 e. The third-order valence-electron chi connectivity index (χ3n) is 4.27. The number of hydrogen-bond donors (Lipinski definition) is 1. The van der Waals surface area contributed by atoms with E-state index in [4.69, 9.17) is 0 Å². The molecule has 2 aliphatic heterocycles. The molecule has 0 aromatic rings. The fourth-order valence-electron chi connectivity index (χ4n) is 3.04. The number of nitrogens with one attached hydrogen (secondary N) is 1. The maximum Gasteiger partial charge on any atom is 0.241 e. The van der Waals surface area contributed by atoms with Gasteiger partial charge in [0.2, 0.25) is 5.91 Å². The van der Waals surface area contributed by atoms with Crippen molar-refractivity contribution in [3.8, 4) is 0 Å². The normalized spacial score (nSPS) is 30.1. The lowest BCUT2D eigenvalue weighted by Gasteiger charge is -2.23. The van der Waals surface area contributed by atoms with Crippen LogP contribution in [-0.2, 0) is 4.79 Å². The predicted molar refractivity (Wildman–Crippen MR) is 73.2 cm³/mol. The van der Waals surface area contributed by atoms with E-state index in [-0.39, 0.29) is 6.04 Å². The summed E-state index contributed by atoms with van der Waals surface area (Å²) in [5, 5.41) is 3.33. The molecule has 2 heterocycles. The Morgan fingerprint density at radius 1 is 1.33 bits per heavy atom.